The molecule has 2 N–H and O–H groups in total. The minimum Gasteiger partial charge on any atom is -0.379 e. The number of halogens is 2. The van der Waals surface area contributed by atoms with Crippen molar-refractivity contribution in [2.24, 2.45) is 23.2 Å². The number of nitrogens with one attached hydrogen (secondary N) is 2. The summed E-state index contributed by atoms with van der Waals surface area (Å²) in [5.41, 5.74) is 0.890. The molecular formula is C21H25Cl2N5O2. The van der Waals surface area contributed by atoms with Crippen molar-refractivity contribution in [1.29, 1.82) is 0 Å². The van der Waals surface area contributed by atoms with Crippen molar-refractivity contribution < 1.29 is 4.79 Å². The predicted octanol–water partition coefficient (Wildman–Crippen LogP) is 4.07. The van der Waals surface area contributed by atoms with Gasteiger partial charge in [-0.25, -0.2) is 9.67 Å². The Balaban J connectivity index is 1.43. The van der Waals surface area contributed by atoms with E-state index in [1.54, 1.807) is 12.1 Å². The highest BCUT2D eigenvalue weighted by Crippen LogP contribution is 2.61. The van der Waals surface area contributed by atoms with Crippen LogP contribution in [0.3, 0.4) is 0 Å². The van der Waals surface area contributed by atoms with Gasteiger partial charge in [-0.2, -0.15) is 5.10 Å². The molecule has 1 amide bonds. The van der Waals surface area contributed by atoms with Gasteiger partial charge in [0.15, 0.2) is 0 Å². The Kier molecular flexibility index (Phi) is 5.53. The molecule has 0 radical (unpaired) electrons. The van der Waals surface area contributed by atoms with Crippen LogP contribution in [0.25, 0.3) is 0 Å². The SMILES string of the molecule is C[C@H]1[C@H](Nc2cnn(CC(=O)Nc3ccc(Cl)nc3)c(=O)c2Cl)C[C@H]2C[C@@H]1C2(C)C. The van der Waals surface area contributed by atoms with Crippen LogP contribution in [0.4, 0.5) is 11.4 Å². The number of fused-ring (bicyclic) bond motifs is 2. The summed E-state index contributed by atoms with van der Waals surface area (Å²) in [6, 6.07) is 3.45. The number of carbonyl (C=O) groups is 1. The first-order valence-electron chi connectivity index (χ1n) is 10.1. The fourth-order valence-electron chi connectivity index (χ4n) is 5.00. The van der Waals surface area contributed by atoms with Crippen LogP contribution in [0.1, 0.15) is 33.6 Å². The Morgan fingerprint density at radius 2 is 2.03 bits per heavy atom. The second-order valence-electron chi connectivity index (χ2n) is 8.96. The van der Waals surface area contributed by atoms with Crippen molar-refractivity contribution >= 4 is 40.5 Å². The average Bonchev–Trinajstić information content (AvgIpc) is 2.70. The maximum Gasteiger partial charge on any atom is 0.288 e. The molecular weight excluding hydrogens is 425 g/mol. The van der Waals surface area contributed by atoms with E-state index >= 15 is 0 Å². The van der Waals surface area contributed by atoms with Crippen molar-refractivity contribution in [3.05, 3.63) is 45.1 Å². The molecule has 0 aromatic carbocycles. The van der Waals surface area contributed by atoms with Gasteiger partial charge in [0.2, 0.25) is 5.91 Å². The quantitative estimate of drug-likeness (QED) is 0.671. The lowest BCUT2D eigenvalue weighted by Crippen LogP contribution is -2.58. The topological polar surface area (TPSA) is 88.9 Å². The number of aromatic nitrogens is 3. The number of hydrogen-bond donors (Lipinski definition) is 2. The normalized spacial score (nSPS) is 26.6. The Labute approximate surface area is 185 Å². The van der Waals surface area contributed by atoms with E-state index in [1.807, 2.05) is 0 Å². The van der Waals surface area contributed by atoms with Gasteiger partial charge >= 0.3 is 0 Å². The van der Waals surface area contributed by atoms with Crippen LogP contribution in [0, 0.1) is 23.2 Å². The first-order chi connectivity index (χ1) is 14.2. The maximum atomic E-state index is 12.6. The standard InChI is InChI=1S/C21H25Cl2N5O2/c1-11-14-6-12(21(14,2)3)7-15(11)27-16-9-25-28(20(30)19(16)23)10-18(29)26-13-4-5-17(22)24-8-13/h4-5,8-9,11-12,14-15,27H,6-7,10H2,1-3H3,(H,26,29)/t11-,12-,14+,15-/m1/s1. The molecule has 5 rings (SSSR count). The summed E-state index contributed by atoms with van der Waals surface area (Å²) in [7, 11) is 0. The van der Waals surface area contributed by atoms with E-state index in [1.165, 1.54) is 18.8 Å². The lowest BCUT2D eigenvalue weighted by atomic mass is 9.45. The minimum atomic E-state index is -0.500. The molecule has 0 saturated heterocycles. The van der Waals surface area contributed by atoms with Crippen molar-refractivity contribution in [2.45, 2.75) is 46.2 Å². The van der Waals surface area contributed by atoms with E-state index in [9.17, 15) is 9.59 Å². The van der Waals surface area contributed by atoms with Gasteiger partial charge in [-0.1, -0.05) is 44.0 Å². The van der Waals surface area contributed by atoms with E-state index in [-0.39, 0.29) is 17.6 Å². The monoisotopic (exact) mass is 449 g/mol. The number of pyridine rings is 1. The Bertz CT molecular complexity index is 1020. The third-order valence-corrected chi connectivity index (χ3v) is 7.57. The highest BCUT2D eigenvalue weighted by molar-refractivity contribution is 6.33. The summed E-state index contributed by atoms with van der Waals surface area (Å²) in [6.45, 7) is 6.70. The summed E-state index contributed by atoms with van der Waals surface area (Å²) in [4.78, 5) is 28.8. The third-order valence-electron chi connectivity index (χ3n) is 6.98. The molecule has 2 heterocycles. The third kappa shape index (κ3) is 3.81. The van der Waals surface area contributed by atoms with Gasteiger partial charge < -0.3 is 10.6 Å². The molecule has 2 aromatic rings. The van der Waals surface area contributed by atoms with Crippen LogP contribution >= 0.6 is 23.2 Å². The summed E-state index contributed by atoms with van der Waals surface area (Å²) >= 11 is 12.1. The van der Waals surface area contributed by atoms with Gasteiger partial charge in [0.05, 0.1) is 23.8 Å². The summed E-state index contributed by atoms with van der Waals surface area (Å²) in [5.74, 6) is 1.44. The Morgan fingerprint density at radius 3 is 2.67 bits per heavy atom. The van der Waals surface area contributed by atoms with Crippen LogP contribution in [0.15, 0.2) is 29.3 Å². The van der Waals surface area contributed by atoms with Crippen molar-refractivity contribution in [2.75, 3.05) is 10.6 Å². The van der Waals surface area contributed by atoms with Gasteiger partial charge in [-0.3, -0.25) is 9.59 Å². The fraction of sp³-hybridized carbons (Fsp3) is 0.524. The van der Waals surface area contributed by atoms with E-state index in [2.05, 4.69) is 41.5 Å². The van der Waals surface area contributed by atoms with Gasteiger partial charge in [0.25, 0.3) is 5.56 Å². The lowest BCUT2D eigenvalue weighted by Gasteiger charge is -2.62. The van der Waals surface area contributed by atoms with Gasteiger partial charge in [0.1, 0.15) is 16.7 Å². The number of nitrogens with zero attached hydrogens (tertiary/aromatic N) is 3. The highest BCUT2D eigenvalue weighted by atomic mass is 35.5. The lowest BCUT2D eigenvalue weighted by molar-refractivity contribution is -0.117. The summed E-state index contributed by atoms with van der Waals surface area (Å²) < 4.78 is 1.05. The number of hydrogen-bond acceptors (Lipinski definition) is 5. The minimum absolute atomic E-state index is 0.0525. The van der Waals surface area contributed by atoms with Crippen LogP contribution in [0.2, 0.25) is 10.2 Å². The highest BCUT2D eigenvalue weighted by Gasteiger charge is 2.56. The van der Waals surface area contributed by atoms with Crippen molar-refractivity contribution in [3.63, 3.8) is 0 Å². The molecule has 0 unspecified atom stereocenters. The van der Waals surface area contributed by atoms with Gasteiger partial charge in [-0.15, -0.1) is 0 Å². The molecule has 2 bridgehead atoms. The van der Waals surface area contributed by atoms with Crippen molar-refractivity contribution in [3.8, 4) is 0 Å². The van der Waals surface area contributed by atoms with Crippen LogP contribution in [0.5, 0.6) is 0 Å². The molecule has 3 fully saturated rings. The van der Waals surface area contributed by atoms with E-state index in [0.29, 0.717) is 39.7 Å². The van der Waals surface area contributed by atoms with Crippen molar-refractivity contribution in [1.82, 2.24) is 14.8 Å². The molecule has 160 valence electrons. The number of rotatable bonds is 5. The van der Waals surface area contributed by atoms with Gasteiger partial charge in [-0.05, 0) is 48.1 Å². The summed E-state index contributed by atoms with van der Waals surface area (Å²) in [6.07, 6.45) is 5.30. The Morgan fingerprint density at radius 1 is 1.27 bits per heavy atom. The zero-order valence-electron chi connectivity index (χ0n) is 17.2. The first kappa shape index (κ1) is 21.1. The van der Waals surface area contributed by atoms with E-state index in [0.717, 1.165) is 11.1 Å². The molecule has 0 spiro atoms. The summed E-state index contributed by atoms with van der Waals surface area (Å²) in [5, 5.41) is 10.6. The maximum absolute atomic E-state index is 12.6. The molecule has 4 atom stereocenters. The zero-order chi connectivity index (χ0) is 21.6. The predicted molar refractivity (Wildman–Crippen MR) is 118 cm³/mol. The molecule has 9 heteroatoms. The first-order valence-corrected chi connectivity index (χ1v) is 10.9. The zero-order valence-corrected chi connectivity index (χ0v) is 18.7. The molecule has 3 saturated carbocycles. The number of anilines is 2. The molecule has 3 aliphatic rings. The molecule has 3 aliphatic carbocycles. The number of amides is 1. The number of carbonyl (C=O) groups excluding carboxylic acids is 1. The van der Waals surface area contributed by atoms with E-state index in [4.69, 9.17) is 23.2 Å². The van der Waals surface area contributed by atoms with E-state index < -0.39 is 11.5 Å². The molecule has 0 aliphatic heterocycles. The molecule has 30 heavy (non-hydrogen) atoms. The average molecular weight is 450 g/mol. The second kappa shape index (κ2) is 7.85. The van der Waals surface area contributed by atoms with Gasteiger partial charge in [0, 0.05) is 6.04 Å². The largest absolute Gasteiger partial charge is 0.379 e. The van der Waals surface area contributed by atoms with Crippen LogP contribution in [-0.2, 0) is 11.3 Å². The Hall–Kier alpha value is -2.12. The molecule has 7 nitrogen and oxygen atoms in total. The van der Waals surface area contributed by atoms with Crippen LogP contribution < -0.4 is 16.2 Å². The fourth-order valence-corrected chi connectivity index (χ4v) is 5.32. The van der Waals surface area contributed by atoms with Crippen LogP contribution in [-0.4, -0.2) is 26.7 Å². The molecule has 2 aromatic heterocycles. The second-order valence-corrected chi connectivity index (χ2v) is 9.72. The smallest absolute Gasteiger partial charge is 0.288 e.